The van der Waals surface area contributed by atoms with Crippen LogP contribution in [-0.4, -0.2) is 0 Å². The molecule has 1 aromatic carbocycles. The SMILES string of the molecule is CCCCCC1CCC(C2CCC(CCc3ccc(CCC)c(N)c3)CC2)CC1. The Morgan fingerprint density at radius 3 is 1.90 bits per heavy atom. The Labute approximate surface area is 181 Å². The third-order valence-electron chi connectivity index (χ3n) is 8.24. The molecule has 1 heteroatoms. The molecule has 0 saturated heterocycles. The van der Waals surface area contributed by atoms with Gasteiger partial charge in [-0.15, -0.1) is 0 Å². The van der Waals surface area contributed by atoms with E-state index in [2.05, 4.69) is 32.0 Å². The minimum absolute atomic E-state index is 0.952. The van der Waals surface area contributed by atoms with Crippen LogP contribution in [0.2, 0.25) is 0 Å². The zero-order valence-corrected chi connectivity index (χ0v) is 19.4. The number of rotatable bonds is 10. The van der Waals surface area contributed by atoms with Gasteiger partial charge in [0.15, 0.2) is 0 Å². The Bertz CT molecular complexity index is 576. The molecule has 0 heterocycles. The zero-order valence-electron chi connectivity index (χ0n) is 19.4. The van der Waals surface area contributed by atoms with Gasteiger partial charge in [0.05, 0.1) is 0 Å². The van der Waals surface area contributed by atoms with E-state index < -0.39 is 0 Å². The van der Waals surface area contributed by atoms with Gasteiger partial charge in [-0.05, 0) is 85.8 Å². The fraction of sp³-hybridized carbons (Fsp3) is 0.786. The Morgan fingerprint density at radius 2 is 1.34 bits per heavy atom. The number of aryl methyl sites for hydroxylation is 2. The first-order valence-corrected chi connectivity index (χ1v) is 13.1. The smallest absolute Gasteiger partial charge is 0.0349 e. The number of nitrogens with two attached hydrogens (primary N) is 1. The highest BCUT2D eigenvalue weighted by Crippen LogP contribution is 2.43. The third-order valence-corrected chi connectivity index (χ3v) is 8.24. The summed E-state index contributed by atoms with van der Waals surface area (Å²) in [4.78, 5) is 0. The van der Waals surface area contributed by atoms with Gasteiger partial charge in [0.1, 0.15) is 0 Å². The average molecular weight is 398 g/mol. The summed E-state index contributed by atoms with van der Waals surface area (Å²) in [6, 6.07) is 6.84. The number of hydrogen-bond acceptors (Lipinski definition) is 1. The number of unbranched alkanes of at least 4 members (excludes halogenated alkanes) is 2. The monoisotopic (exact) mass is 397 g/mol. The van der Waals surface area contributed by atoms with Crippen molar-refractivity contribution in [3.05, 3.63) is 29.3 Å². The van der Waals surface area contributed by atoms with Gasteiger partial charge in [-0.1, -0.05) is 83.8 Å². The fourth-order valence-corrected chi connectivity index (χ4v) is 6.25. The number of hydrogen-bond donors (Lipinski definition) is 1. The van der Waals surface area contributed by atoms with Crippen LogP contribution in [-0.2, 0) is 12.8 Å². The van der Waals surface area contributed by atoms with Crippen molar-refractivity contribution >= 4 is 5.69 Å². The van der Waals surface area contributed by atoms with Crippen LogP contribution in [0.25, 0.3) is 0 Å². The van der Waals surface area contributed by atoms with Crippen LogP contribution in [0.4, 0.5) is 5.69 Å². The quantitative estimate of drug-likeness (QED) is 0.311. The van der Waals surface area contributed by atoms with E-state index in [4.69, 9.17) is 5.73 Å². The second-order valence-electron chi connectivity index (χ2n) is 10.4. The molecular weight excluding hydrogens is 350 g/mol. The molecule has 1 aromatic rings. The molecule has 0 bridgehead atoms. The molecule has 2 aliphatic rings. The highest BCUT2D eigenvalue weighted by Gasteiger charge is 2.30. The lowest BCUT2D eigenvalue weighted by Crippen LogP contribution is -2.26. The second-order valence-corrected chi connectivity index (χ2v) is 10.4. The van der Waals surface area contributed by atoms with Gasteiger partial charge >= 0.3 is 0 Å². The molecule has 0 atom stereocenters. The zero-order chi connectivity index (χ0) is 20.5. The predicted molar refractivity (Wildman–Crippen MR) is 128 cm³/mol. The van der Waals surface area contributed by atoms with E-state index in [1.807, 2.05) is 0 Å². The van der Waals surface area contributed by atoms with Crippen molar-refractivity contribution < 1.29 is 0 Å². The van der Waals surface area contributed by atoms with Crippen LogP contribution >= 0.6 is 0 Å². The van der Waals surface area contributed by atoms with Gasteiger partial charge in [0, 0.05) is 5.69 Å². The molecule has 0 unspecified atom stereocenters. The standard InChI is InChI=1S/C28H47N/c1-3-5-6-8-22-11-16-25(17-12-22)26-18-13-23(14-19-26)9-10-24-15-20-27(7-4-2)28(29)21-24/h15,20-23,25-26H,3-14,16-19,29H2,1-2H3. The molecule has 1 nitrogen and oxygen atoms in total. The molecule has 29 heavy (non-hydrogen) atoms. The van der Waals surface area contributed by atoms with Crippen LogP contribution in [0.15, 0.2) is 18.2 Å². The van der Waals surface area contributed by atoms with Crippen molar-refractivity contribution in [3.63, 3.8) is 0 Å². The first-order valence-electron chi connectivity index (χ1n) is 13.1. The molecule has 0 amide bonds. The maximum absolute atomic E-state index is 6.26. The molecule has 2 saturated carbocycles. The van der Waals surface area contributed by atoms with Crippen LogP contribution in [0.3, 0.4) is 0 Å². The van der Waals surface area contributed by atoms with Crippen molar-refractivity contribution in [2.24, 2.45) is 23.7 Å². The van der Waals surface area contributed by atoms with Crippen LogP contribution in [0, 0.1) is 23.7 Å². The summed E-state index contributed by atoms with van der Waals surface area (Å²) in [5.41, 5.74) is 10.1. The lowest BCUT2D eigenvalue weighted by atomic mass is 9.68. The average Bonchev–Trinajstić information content (AvgIpc) is 2.75. The Kier molecular flexibility index (Phi) is 9.40. The molecule has 164 valence electrons. The summed E-state index contributed by atoms with van der Waals surface area (Å²) in [6.45, 7) is 4.55. The summed E-state index contributed by atoms with van der Waals surface area (Å²) in [5.74, 6) is 4.12. The maximum atomic E-state index is 6.26. The van der Waals surface area contributed by atoms with E-state index in [1.165, 1.54) is 107 Å². The van der Waals surface area contributed by atoms with Crippen molar-refractivity contribution in [1.29, 1.82) is 0 Å². The van der Waals surface area contributed by atoms with E-state index >= 15 is 0 Å². The van der Waals surface area contributed by atoms with E-state index in [9.17, 15) is 0 Å². The van der Waals surface area contributed by atoms with Gasteiger partial charge < -0.3 is 5.73 Å². The highest BCUT2D eigenvalue weighted by molar-refractivity contribution is 5.49. The van der Waals surface area contributed by atoms with Crippen LogP contribution < -0.4 is 5.73 Å². The van der Waals surface area contributed by atoms with Crippen molar-refractivity contribution in [2.75, 3.05) is 5.73 Å². The van der Waals surface area contributed by atoms with Gasteiger partial charge in [0.2, 0.25) is 0 Å². The van der Waals surface area contributed by atoms with Crippen molar-refractivity contribution in [2.45, 2.75) is 117 Å². The fourth-order valence-electron chi connectivity index (χ4n) is 6.25. The molecule has 0 aliphatic heterocycles. The molecule has 2 aliphatic carbocycles. The van der Waals surface area contributed by atoms with Gasteiger partial charge in [-0.25, -0.2) is 0 Å². The molecule has 3 rings (SSSR count). The topological polar surface area (TPSA) is 26.0 Å². The summed E-state index contributed by atoms with van der Waals surface area (Å²) in [5, 5.41) is 0. The molecular formula is C28H47N. The highest BCUT2D eigenvalue weighted by atomic mass is 14.6. The van der Waals surface area contributed by atoms with E-state index in [0.717, 1.165) is 35.8 Å². The number of benzene rings is 1. The van der Waals surface area contributed by atoms with Crippen molar-refractivity contribution in [3.8, 4) is 0 Å². The molecule has 0 aromatic heterocycles. The van der Waals surface area contributed by atoms with Crippen LogP contribution in [0.1, 0.15) is 115 Å². The predicted octanol–water partition coefficient (Wildman–Crippen LogP) is 8.35. The third kappa shape index (κ3) is 7.04. The summed E-state index contributed by atoms with van der Waals surface area (Å²) in [7, 11) is 0. The Morgan fingerprint density at radius 1 is 0.724 bits per heavy atom. The first kappa shape index (κ1) is 22.7. The van der Waals surface area contributed by atoms with Crippen molar-refractivity contribution in [1.82, 2.24) is 0 Å². The summed E-state index contributed by atoms with van der Waals surface area (Å²) >= 11 is 0. The summed E-state index contributed by atoms with van der Waals surface area (Å²) in [6.07, 6.45) is 22.8. The normalized spacial score (nSPS) is 27.8. The van der Waals surface area contributed by atoms with Gasteiger partial charge in [0.25, 0.3) is 0 Å². The van der Waals surface area contributed by atoms with E-state index in [-0.39, 0.29) is 0 Å². The first-order chi connectivity index (χ1) is 14.2. The summed E-state index contributed by atoms with van der Waals surface area (Å²) < 4.78 is 0. The minimum Gasteiger partial charge on any atom is -0.398 e. The lowest BCUT2D eigenvalue weighted by Gasteiger charge is -2.38. The molecule has 0 spiro atoms. The molecule has 2 N–H and O–H groups in total. The molecule has 0 radical (unpaired) electrons. The second kappa shape index (κ2) is 12.0. The van der Waals surface area contributed by atoms with E-state index in [1.54, 1.807) is 0 Å². The number of anilines is 1. The Hall–Kier alpha value is -0.980. The van der Waals surface area contributed by atoms with E-state index in [0.29, 0.717) is 0 Å². The maximum Gasteiger partial charge on any atom is 0.0349 e. The Balaban J connectivity index is 1.34. The lowest BCUT2D eigenvalue weighted by molar-refractivity contribution is 0.140. The molecule has 2 fully saturated rings. The minimum atomic E-state index is 0.952. The van der Waals surface area contributed by atoms with Gasteiger partial charge in [-0.3, -0.25) is 0 Å². The van der Waals surface area contributed by atoms with Gasteiger partial charge in [-0.2, -0.15) is 0 Å². The largest absolute Gasteiger partial charge is 0.398 e. The number of nitrogen functional groups attached to an aromatic ring is 1. The van der Waals surface area contributed by atoms with Crippen LogP contribution in [0.5, 0.6) is 0 Å².